The third-order valence-electron chi connectivity index (χ3n) is 1.18. The van der Waals surface area contributed by atoms with Crippen molar-refractivity contribution in [1.82, 2.24) is 10.2 Å². The fourth-order valence-corrected chi connectivity index (χ4v) is 0.473. The van der Waals surface area contributed by atoms with E-state index in [1.54, 1.807) is 6.92 Å². The first-order chi connectivity index (χ1) is 4.22. The second-order valence-electron chi connectivity index (χ2n) is 1.81. The van der Waals surface area contributed by atoms with Gasteiger partial charge in [0.25, 0.3) is 0 Å². The molecular formula is C5H8FeN4. The molecule has 0 spiro atoms. The molecule has 56 valence electrons. The fourth-order valence-electron chi connectivity index (χ4n) is 0.473. The number of nitrogens with zero attached hydrogens (tertiary/aromatic N) is 2. The first-order valence-electron chi connectivity index (χ1n) is 2.55. The standard InChI is InChI=1S/C5H8N4.Fe/c1-3-4(6)2-8-9-5(3)7;/h2H,1H3,(H4,6,7,9);. The molecule has 0 saturated heterocycles. The summed E-state index contributed by atoms with van der Waals surface area (Å²) >= 11 is 0. The molecule has 0 unspecified atom stereocenters. The minimum atomic E-state index is 0. The number of nitrogen functional groups attached to an aromatic ring is 2. The van der Waals surface area contributed by atoms with Crippen LogP contribution in [0.2, 0.25) is 0 Å². The van der Waals surface area contributed by atoms with E-state index < -0.39 is 0 Å². The van der Waals surface area contributed by atoms with E-state index in [1.165, 1.54) is 6.20 Å². The zero-order valence-corrected chi connectivity index (χ0v) is 6.58. The SMILES string of the molecule is Cc1c(N)cnnc1N.[Fe]. The van der Waals surface area contributed by atoms with Crippen molar-refractivity contribution in [3.63, 3.8) is 0 Å². The summed E-state index contributed by atoms with van der Waals surface area (Å²) in [7, 11) is 0. The molecule has 0 aliphatic heterocycles. The van der Waals surface area contributed by atoms with Crippen molar-refractivity contribution in [2.45, 2.75) is 6.92 Å². The van der Waals surface area contributed by atoms with Gasteiger partial charge in [-0.1, -0.05) is 0 Å². The quantitative estimate of drug-likeness (QED) is 0.548. The summed E-state index contributed by atoms with van der Waals surface area (Å²) in [6, 6.07) is 0. The second-order valence-corrected chi connectivity index (χ2v) is 1.81. The van der Waals surface area contributed by atoms with E-state index in [0.29, 0.717) is 11.5 Å². The van der Waals surface area contributed by atoms with E-state index in [9.17, 15) is 0 Å². The van der Waals surface area contributed by atoms with Crippen LogP contribution in [0.25, 0.3) is 0 Å². The minimum absolute atomic E-state index is 0. The fraction of sp³-hybridized carbons (Fsp3) is 0.200. The van der Waals surface area contributed by atoms with Crippen LogP contribution in [0.15, 0.2) is 6.20 Å². The van der Waals surface area contributed by atoms with E-state index in [0.717, 1.165) is 5.56 Å². The van der Waals surface area contributed by atoms with Crippen molar-refractivity contribution in [2.24, 2.45) is 0 Å². The maximum absolute atomic E-state index is 5.44. The van der Waals surface area contributed by atoms with Gasteiger partial charge in [-0.15, -0.1) is 5.10 Å². The second kappa shape index (κ2) is 3.39. The Bertz CT molecular complexity index is 205. The summed E-state index contributed by atoms with van der Waals surface area (Å²) in [5, 5.41) is 7.13. The molecule has 0 bridgehead atoms. The summed E-state index contributed by atoms with van der Waals surface area (Å²) in [5.74, 6) is 0.398. The number of rotatable bonds is 0. The van der Waals surface area contributed by atoms with Crippen LogP contribution < -0.4 is 11.5 Å². The molecule has 0 radical (unpaired) electrons. The topological polar surface area (TPSA) is 77.8 Å². The molecule has 5 heteroatoms. The van der Waals surface area contributed by atoms with Gasteiger partial charge in [-0.25, -0.2) is 0 Å². The molecule has 0 aromatic carbocycles. The van der Waals surface area contributed by atoms with Crippen molar-refractivity contribution < 1.29 is 17.1 Å². The van der Waals surface area contributed by atoms with E-state index in [4.69, 9.17) is 11.5 Å². The Morgan fingerprint density at radius 3 is 2.40 bits per heavy atom. The predicted molar refractivity (Wildman–Crippen MR) is 35.6 cm³/mol. The van der Waals surface area contributed by atoms with Crippen LogP contribution in [0.4, 0.5) is 11.5 Å². The minimum Gasteiger partial charge on any atom is -0.397 e. The van der Waals surface area contributed by atoms with Gasteiger partial charge in [-0.05, 0) is 6.92 Å². The van der Waals surface area contributed by atoms with E-state index in [1.807, 2.05) is 0 Å². The molecule has 1 aromatic rings. The molecule has 0 aliphatic carbocycles. The van der Waals surface area contributed by atoms with Crippen molar-refractivity contribution in [2.75, 3.05) is 11.5 Å². The molecule has 0 fully saturated rings. The molecule has 4 N–H and O–H groups in total. The molecule has 0 saturated carbocycles. The summed E-state index contributed by atoms with van der Waals surface area (Å²) in [6.07, 6.45) is 1.48. The van der Waals surface area contributed by atoms with Crippen molar-refractivity contribution in [3.8, 4) is 0 Å². The third kappa shape index (κ3) is 1.59. The number of nitrogens with two attached hydrogens (primary N) is 2. The Hall–Kier alpha value is -0.801. The normalized spacial score (nSPS) is 8.50. The van der Waals surface area contributed by atoms with E-state index >= 15 is 0 Å². The molecule has 1 rings (SSSR count). The van der Waals surface area contributed by atoms with Gasteiger partial charge in [-0.3, -0.25) is 0 Å². The zero-order valence-electron chi connectivity index (χ0n) is 5.48. The molecule has 1 aromatic heterocycles. The molecular weight excluding hydrogens is 172 g/mol. The first-order valence-corrected chi connectivity index (χ1v) is 2.55. The Kier molecular flexibility index (Phi) is 3.12. The van der Waals surface area contributed by atoms with E-state index in [-0.39, 0.29) is 17.1 Å². The molecule has 0 atom stereocenters. The first kappa shape index (κ1) is 9.20. The van der Waals surface area contributed by atoms with Crippen molar-refractivity contribution in [3.05, 3.63) is 11.8 Å². The monoisotopic (exact) mass is 180 g/mol. The molecule has 1 heterocycles. The Labute approximate surface area is 69.5 Å². The van der Waals surface area contributed by atoms with Crippen LogP contribution >= 0.6 is 0 Å². The average molecular weight is 180 g/mol. The van der Waals surface area contributed by atoms with Crippen LogP contribution in [-0.4, -0.2) is 10.2 Å². The number of aromatic nitrogens is 2. The van der Waals surface area contributed by atoms with Gasteiger partial charge in [0.1, 0.15) is 0 Å². The van der Waals surface area contributed by atoms with Crippen LogP contribution in [0, 0.1) is 6.92 Å². The number of hydrogen-bond acceptors (Lipinski definition) is 4. The predicted octanol–water partition coefficient (Wildman–Crippen LogP) is -0.0531. The Morgan fingerprint density at radius 1 is 1.40 bits per heavy atom. The van der Waals surface area contributed by atoms with Crippen LogP contribution in [0.1, 0.15) is 5.56 Å². The van der Waals surface area contributed by atoms with Gasteiger partial charge in [0.05, 0.1) is 11.9 Å². The summed E-state index contributed by atoms with van der Waals surface area (Å²) in [5.41, 5.74) is 12.2. The third-order valence-corrected chi connectivity index (χ3v) is 1.18. The molecule has 4 nitrogen and oxygen atoms in total. The van der Waals surface area contributed by atoms with Gasteiger partial charge in [0, 0.05) is 22.6 Å². The van der Waals surface area contributed by atoms with Crippen LogP contribution in [0.3, 0.4) is 0 Å². The zero-order chi connectivity index (χ0) is 6.85. The maximum Gasteiger partial charge on any atom is 0.151 e. The molecule has 0 aliphatic rings. The van der Waals surface area contributed by atoms with Crippen LogP contribution in [0.5, 0.6) is 0 Å². The van der Waals surface area contributed by atoms with Crippen molar-refractivity contribution >= 4 is 11.5 Å². The maximum atomic E-state index is 5.44. The van der Waals surface area contributed by atoms with Gasteiger partial charge < -0.3 is 11.5 Å². The molecule has 10 heavy (non-hydrogen) atoms. The van der Waals surface area contributed by atoms with Crippen LogP contribution in [-0.2, 0) is 17.1 Å². The summed E-state index contributed by atoms with van der Waals surface area (Å²) < 4.78 is 0. The largest absolute Gasteiger partial charge is 0.397 e. The van der Waals surface area contributed by atoms with Gasteiger partial charge in [0.2, 0.25) is 0 Å². The Balaban J connectivity index is 0.000000810. The number of hydrogen-bond donors (Lipinski definition) is 2. The molecule has 0 amide bonds. The average Bonchev–Trinajstić information content (AvgIpc) is 1.83. The van der Waals surface area contributed by atoms with Gasteiger partial charge in [0.15, 0.2) is 5.82 Å². The van der Waals surface area contributed by atoms with Gasteiger partial charge in [-0.2, -0.15) is 5.10 Å². The Morgan fingerprint density at radius 2 is 2.00 bits per heavy atom. The number of anilines is 2. The summed E-state index contributed by atoms with van der Waals surface area (Å²) in [4.78, 5) is 0. The smallest absolute Gasteiger partial charge is 0.151 e. The van der Waals surface area contributed by atoms with E-state index in [2.05, 4.69) is 10.2 Å². The van der Waals surface area contributed by atoms with Gasteiger partial charge >= 0.3 is 0 Å². The van der Waals surface area contributed by atoms with Crippen molar-refractivity contribution in [1.29, 1.82) is 0 Å². The summed E-state index contributed by atoms with van der Waals surface area (Å²) in [6.45, 7) is 1.80.